The van der Waals surface area contributed by atoms with Gasteiger partial charge >= 0.3 is 11.4 Å². The van der Waals surface area contributed by atoms with Crippen LogP contribution < -0.4 is 31.8 Å². The Kier molecular flexibility index (Phi) is 9.26. The maximum Gasteiger partial charge on any atom is 0.347 e. The molecule has 2 fully saturated rings. The van der Waals surface area contributed by atoms with Crippen LogP contribution in [0.2, 0.25) is 5.02 Å². The van der Waals surface area contributed by atoms with Crippen LogP contribution in [0.15, 0.2) is 111 Å². The van der Waals surface area contributed by atoms with E-state index in [0.717, 1.165) is 9.58 Å². The normalized spacial score (nSPS) is 20.7. The lowest BCUT2D eigenvalue weighted by molar-refractivity contribution is -0.138. The highest BCUT2D eigenvalue weighted by Gasteiger charge is 2.68. The number of amides is 2. The van der Waals surface area contributed by atoms with Crippen molar-refractivity contribution < 1.29 is 28.6 Å². The number of anilines is 1. The first-order valence-electron chi connectivity index (χ1n) is 19.1. The summed E-state index contributed by atoms with van der Waals surface area (Å²) in [5.41, 5.74) is 2.64. The fraction of sp³-hybridized carbons (Fsp3) is 0.256. The molecule has 2 amide bonds. The molecule has 2 aliphatic heterocycles. The SMILES string of the molecule is COc1cc2nc(CCn3c(=O)n4n(c3=O)[C@@H]3C[C@H]5C(=O)N(Nc6ccc(F)cc6)C(=O)[C@@]5(c5ccc(Cl)cc5)[C@@H](c5ccc(O)cc5)C3=CC4)c(=O)n(C)c2cc1OC. The molecule has 6 aromatic rings. The summed E-state index contributed by atoms with van der Waals surface area (Å²) in [7, 11) is 4.57. The van der Waals surface area contributed by atoms with Gasteiger partial charge in [0.05, 0.1) is 54.9 Å². The minimum absolute atomic E-state index is 0.0222. The number of halogens is 2. The number of hydrogen-bond donors (Lipinski definition) is 2. The van der Waals surface area contributed by atoms with Crippen LogP contribution in [0.1, 0.15) is 35.2 Å². The van der Waals surface area contributed by atoms with E-state index >= 15 is 4.79 Å². The van der Waals surface area contributed by atoms with E-state index in [4.69, 9.17) is 21.1 Å². The number of aromatic hydroxyl groups is 1. The summed E-state index contributed by atoms with van der Waals surface area (Å²) in [6.07, 6.45) is 1.70. The van der Waals surface area contributed by atoms with E-state index < -0.39 is 57.9 Å². The number of aryl methyl sites for hydroxylation is 2. The van der Waals surface area contributed by atoms with Crippen LogP contribution in [0.25, 0.3) is 11.0 Å². The Morgan fingerprint density at radius 1 is 0.917 bits per heavy atom. The van der Waals surface area contributed by atoms with E-state index in [2.05, 4.69) is 10.4 Å². The maximum absolute atomic E-state index is 15.2. The topological polar surface area (TPSA) is 172 Å². The maximum atomic E-state index is 15.2. The van der Waals surface area contributed by atoms with Crippen molar-refractivity contribution in [1.82, 2.24) is 28.5 Å². The number of rotatable bonds is 9. The molecule has 15 nitrogen and oxygen atoms in total. The molecule has 306 valence electrons. The fourth-order valence-corrected chi connectivity index (χ4v) is 9.41. The average Bonchev–Trinajstić information content (AvgIpc) is 3.62. The number of phenolic OH excluding ortho intramolecular Hbond substituents is 1. The van der Waals surface area contributed by atoms with Gasteiger partial charge < -0.3 is 19.1 Å². The Balaban J connectivity index is 1.16. The monoisotopic (exact) mass is 833 g/mol. The third-order valence-corrected chi connectivity index (χ3v) is 12.3. The van der Waals surface area contributed by atoms with E-state index in [1.54, 1.807) is 55.6 Å². The zero-order valence-corrected chi connectivity index (χ0v) is 33.2. The molecule has 2 N–H and O–H groups in total. The van der Waals surface area contributed by atoms with Gasteiger partial charge in [-0.15, -0.1) is 0 Å². The first kappa shape index (κ1) is 38.6. The minimum atomic E-state index is -1.60. The van der Waals surface area contributed by atoms with Crippen molar-refractivity contribution in [3.63, 3.8) is 0 Å². The Morgan fingerprint density at radius 3 is 2.28 bits per heavy atom. The quantitative estimate of drug-likeness (QED) is 0.157. The molecule has 4 atom stereocenters. The Morgan fingerprint density at radius 2 is 1.60 bits per heavy atom. The third-order valence-electron chi connectivity index (χ3n) is 12.0. The van der Waals surface area contributed by atoms with Crippen molar-refractivity contribution in [2.45, 2.75) is 43.3 Å². The van der Waals surface area contributed by atoms with Crippen LogP contribution in [0.4, 0.5) is 10.1 Å². The molecule has 0 spiro atoms. The van der Waals surface area contributed by atoms with Gasteiger partial charge in [0.1, 0.15) is 17.3 Å². The third kappa shape index (κ3) is 5.76. The van der Waals surface area contributed by atoms with E-state index in [-0.39, 0.29) is 43.1 Å². The van der Waals surface area contributed by atoms with Gasteiger partial charge in [0.15, 0.2) is 11.5 Å². The number of carbonyl (C=O) groups is 2. The summed E-state index contributed by atoms with van der Waals surface area (Å²) in [4.78, 5) is 76.8. The summed E-state index contributed by atoms with van der Waals surface area (Å²) in [5, 5.41) is 11.7. The molecule has 1 saturated carbocycles. The number of aromatic nitrogens is 5. The molecule has 1 saturated heterocycles. The van der Waals surface area contributed by atoms with Crippen molar-refractivity contribution >= 4 is 40.1 Å². The van der Waals surface area contributed by atoms with Crippen LogP contribution >= 0.6 is 11.6 Å². The molecule has 1 aliphatic carbocycles. The number of imide groups is 1. The molecule has 0 unspecified atom stereocenters. The van der Waals surface area contributed by atoms with Gasteiger partial charge in [-0.2, -0.15) is 5.01 Å². The second kappa shape index (κ2) is 14.4. The molecule has 4 heterocycles. The van der Waals surface area contributed by atoms with Crippen LogP contribution in [0.3, 0.4) is 0 Å². The Bertz CT molecular complexity index is 2960. The summed E-state index contributed by atoms with van der Waals surface area (Å²) in [5.74, 6) is -2.87. The zero-order chi connectivity index (χ0) is 42.2. The number of ether oxygens (including phenoxy) is 2. The summed E-state index contributed by atoms with van der Waals surface area (Å²) >= 11 is 6.36. The van der Waals surface area contributed by atoms with Crippen LogP contribution in [0.5, 0.6) is 17.2 Å². The van der Waals surface area contributed by atoms with E-state index in [9.17, 15) is 28.7 Å². The van der Waals surface area contributed by atoms with Gasteiger partial charge in [0, 0.05) is 43.1 Å². The second-order valence-corrected chi connectivity index (χ2v) is 15.5. The van der Waals surface area contributed by atoms with Gasteiger partial charge in [0.2, 0.25) is 0 Å². The number of methoxy groups -OCH3 is 2. The fourth-order valence-electron chi connectivity index (χ4n) is 9.29. The van der Waals surface area contributed by atoms with E-state index in [1.807, 2.05) is 6.08 Å². The summed E-state index contributed by atoms with van der Waals surface area (Å²) in [6.45, 7) is -0.222. The van der Waals surface area contributed by atoms with Crippen LogP contribution in [0, 0.1) is 11.7 Å². The number of nitrogens with zero attached hydrogens (tertiary/aromatic N) is 6. The Labute approximate surface area is 345 Å². The number of phenols is 1. The number of benzene rings is 4. The number of hydrogen-bond acceptors (Lipinski definition) is 10. The zero-order valence-electron chi connectivity index (χ0n) is 32.5. The molecule has 4 aromatic carbocycles. The molecule has 60 heavy (non-hydrogen) atoms. The lowest BCUT2D eigenvalue weighted by Crippen LogP contribution is -2.53. The largest absolute Gasteiger partial charge is 0.508 e. The smallest absolute Gasteiger partial charge is 0.347 e. The molecule has 0 radical (unpaired) electrons. The van der Waals surface area contributed by atoms with Gasteiger partial charge in [-0.25, -0.2) is 32.9 Å². The summed E-state index contributed by atoms with van der Waals surface area (Å²) < 4.78 is 29.9. The van der Waals surface area contributed by atoms with E-state index in [0.29, 0.717) is 44.3 Å². The van der Waals surface area contributed by atoms with Gasteiger partial charge in [-0.3, -0.25) is 19.8 Å². The molecule has 9 rings (SSSR count). The molecule has 17 heteroatoms. The van der Waals surface area contributed by atoms with Crippen LogP contribution in [-0.4, -0.2) is 59.6 Å². The first-order valence-corrected chi connectivity index (χ1v) is 19.4. The number of fused-ring (bicyclic) bond motifs is 5. The van der Waals surface area contributed by atoms with Crippen molar-refractivity contribution in [2.75, 3.05) is 19.6 Å². The van der Waals surface area contributed by atoms with Crippen molar-refractivity contribution in [1.29, 1.82) is 0 Å². The van der Waals surface area contributed by atoms with Crippen molar-refractivity contribution in [2.24, 2.45) is 13.0 Å². The second-order valence-electron chi connectivity index (χ2n) is 15.0. The van der Waals surface area contributed by atoms with Gasteiger partial charge in [0.25, 0.3) is 17.4 Å². The summed E-state index contributed by atoms with van der Waals surface area (Å²) in [6, 6.07) is 20.6. The number of hydrazine groups is 1. The minimum Gasteiger partial charge on any atom is -0.508 e. The molecular weight excluding hydrogens is 797 g/mol. The number of allylic oxidation sites excluding steroid dienone is 2. The Hall–Kier alpha value is -6.94. The van der Waals surface area contributed by atoms with Gasteiger partial charge in [-0.1, -0.05) is 41.9 Å². The molecule has 2 aromatic heterocycles. The van der Waals surface area contributed by atoms with Gasteiger partial charge in [-0.05, 0) is 71.7 Å². The molecule has 3 aliphatic rings. The van der Waals surface area contributed by atoms with Crippen LogP contribution in [-0.2, 0) is 41.6 Å². The highest BCUT2D eigenvalue weighted by atomic mass is 35.5. The van der Waals surface area contributed by atoms with Crippen molar-refractivity contribution in [3.05, 3.63) is 156 Å². The van der Waals surface area contributed by atoms with E-state index in [1.165, 1.54) is 64.5 Å². The average molecular weight is 834 g/mol. The standard InChI is InChI=1S/C43H37ClFN7O8/c1-48-34-22-36(60-3)35(59-2)21-32(34)46-31(39(48)55)17-18-49-41(57)50-19-16-29-33(52(50)42(49)58)20-30-38(54)51(47-27-12-10-26(45)11-13-27)40(56)43(30,24-6-8-25(44)9-7-24)37(29)23-4-14-28(53)15-5-23/h4-16,21-22,30,33,37,47,53H,17-20H2,1-3H3/t30-,33+,37-,43+/m0/s1. The number of nitrogens with one attached hydrogen (secondary N) is 1. The number of carbonyl (C=O) groups excluding carboxylic acids is 2. The van der Waals surface area contributed by atoms with Crippen molar-refractivity contribution in [3.8, 4) is 17.2 Å². The lowest BCUT2D eigenvalue weighted by atomic mass is 9.53. The predicted octanol–water partition coefficient (Wildman–Crippen LogP) is 4.44. The molecule has 0 bridgehead atoms. The molecular formula is C43H37ClFN7O8. The lowest BCUT2D eigenvalue weighted by Gasteiger charge is -2.49. The highest BCUT2D eigenvalue weighted by Crippen LogP contribution is 2.62. The first-order chi connectivity index (χ1) is 28.9. The highest BCUT2D eigenvalue weighted by molar-refractivity contribution is 6.30. The predicted molar refractivity (Wildman–Crippen MR) is 218 cm³/mol.